The van der Waals surface area contributed by atoms with Gasteiger partial charge in [-0.2, -0.15) is 12.6 Å². The number of nitrogens with one attached hydrogen (secondary N) is 1. The number of thiol groups is 1. The highest BCUT2D eigenvalue weighted by Gasteiger charge is 2.05. The van der Waals surface area contributed by atoms with E-state index < -0.39 is 0 Å². The molecule has 0 atom stereocenters. The van der Waals surface area contributed by atoms with Crippen LogP contribution in [0.4, 0.5) is 0 Å². The van der Waals surface area contributed by atoms with Crippen LogP contribution in [-0.2, 0) is 5.75 Å². The Kier molecular flexibility index (Phi) is 3.74. The summed E-state index contributed by atoms with van der Waals surface area (Å²) < 4.78 is 5.52. The van der Waals surface area contributed by atoms with Crippen molar-refractivity contribution in [3.8, 4) is 17.0 Å². The third-order valence-electron chi connectivity index (χ3n) is 2.56. The number of aryl methyl sites for hydroxylation is 1. The molecule has 1 aromatic heterocycles. The van der Waals surface area contributed by atoms with Crippen LogP contribution in [0.5, 0.6) is 5.75 Å². The molecule has 0 amide bonds. The van der Waals surface area contributed by atoms with Gasteiger partial charge < -0.3 is 9.72 Å². The van der Waals surface area contributed by atoms with Gasteiger partial charge in [0.2, 0.25) is 0 Å². The zero-order chi connectivity index (χ0) is 12.3. The van der Waals surface area contributed by atoms with Crippen LogP contribution in [0.3, 0.4) is 0 Å². The van der Waals surface area contributed by atoms with E-state index >= 15 is 0 Å². The first-order valence-electron chi connectivity index (χ1n) is 5.63. The smallest absolute Gasteiger partial charge is 0.122 e. The summed E-state index contributed by atoms with van der Waals surface area (Å²) in [6, 6.07) is 6.13. The summed E-state index contributed by atoms with van der Waals surface area (Å²) in [5.74, 6) is 2.44. The van der Waals surface area contributed by atoms with Gasteiger partial charge in [-0.25, -0.2) is 4.98 Å². The highest BCUT2D eigenvalue weighted by Crippen LogP contribution is 2.25. The monoisotopic (exact) mass is 248 g/mol. The van der Waals surface area contributed by atoms with Crippen molar-refractivity contribution in [2.24, 2.45) is 0 Å². The summed E-state index contributed by atoms with van der Waals surface area (Å²) in [7, 11) is 0. The number of aromatic amines is 1. The molecule has 0 spiro atoms. The second-order valence-electron chi connectivity index (χ2n) is 3.81. The molecule has 4 heteroatoms. The maximum Gasteiger partial charge on any atom is 0.122 e. The van der Waals surface area contributed by atoms with Gasteiger partial charge in [-0.05, 0) is 37.6 Å². The SMILES string of the molecule is CCOc1ccc(-c2cnc(CS)[nH]2)cc1C. The van der Waals surface area contributed by atoms with Crippen LogP contribution >= 0.6 is 12.6 Å². The molecule has 0 saturated carbocycles. The molecule has 0 bridgehead atoms. The fourth-order valence-electron chi connectivity index (χ4n) is 1.72. The number of imidazole rings is 1. The molecule has 0 saturated heterocycles. The van der Waals surface area contributed by atoms with E-state index in [0.717, 1.165) is 28.4 Å². The molecule has 0 unspecified atom stereocenters. The van der Waals surface area contributed by atoms with Gasteiger partial charge in [0.15, 0.2) is 0 Å². The summed E-state index contributed by atoms with van der Waals surface area (Å²) in [5, 5.41) is 0. The highest BCUT2D eigenvalue weighted by atomic mass is 32.1. The molecule has 1 N–H and O–H groups in total. The first-order valence-corrected chi connectivity index (χ1v) is 6.26. The Morgan fingerprint density at radius 1 is 1.41 bits per heavy atom. The van der Waals surface area contributed by atoms with E-state index in [2.05, 4.69) is 28.7 Å². The van der Waals surface area contributed by atoms with Crippen molar-refractivity contribution in [2.45, 2.75) is 19.6 Å². The third-order valence-corrected chi connectivity index (χ3v) is 2.86. The van der Waals surface area contributed by atoms with Crippen molar-refractivity contribution in [3.63, 3.8) is 0 Å². The Bertz CT molecular complexity index is 508. The van der Waals surface area contributed by atoms with Gasteiger partial charge >= 0.3 is 0 Å². The van der Waals surface area contributed by atoms with Crippen LogP contribution < -0.4 is 4.74 Å². The summed E-state index contributed by atoms with van der Waals surface area (Å²) in [5.41, 5.74) is 3.26. The Morgan fingerprint density at radius 3 is 2.82 bits per heavy atom. The molecule has 0 fully saturated rings. The molecular weight excluding hydrogens is 232 g/mol. The summed E-state index contributed by atoms with van der Waals surface area (Å²) >= 11 is 4.19. The lowest BCUT2D eigenvalue weighted by Crippen LogP contribution is -1.94. The van der Waals surface area contributed by atoms with Crippen molar-refractivity contribution in [1.29, 1.82) is 0 Å². The summed E-state index contributed by atoms with van der Waals surface area (Å²) in [6.45, 7) is 4.72. The molecule has 1 heterocycles. The van der Waals surface area contributed by atoms with Gasteiger partial charge in [0.25, 0.3) is 0 Å². The van der Waals surface area contributed by atoms with Gasteiger partial charge in [-0.15, -0.1) is 0 Å². The average Bonchev–Trinajstić information content (AvgIpc) is 2.80. The first kappa shape index (κ1) is 12.0. The molecule has 0 aliphatic carbocycles. The van der Waals surface area contributed by atoms with E-state index in [0.29, 0.717) is 12.4 Å². The number of H-pyrrole nitrogens is 1. The van der Waals surface area contributed by atoms with E-state index in [1.165, 1.54) is 0 Å². The maximum absolute atomic E-state index is 5.52. The molecule has 90 valence electrons. The first-order chi connectivity index (χ1) is 8.24. The molecule has 2 aromatic rings. The normalized spacial score (nSPS) is 10.5. The molecule has 0 aliphatic heterocycles. The van der Waals surface area contributed by atoms with E-state index in [1.807, 2.05) is 32.2 Å². The maximum atomic E-state index is 5.52. The molecule has 3 nitrogen and oxygen atoms in total. The lowest BCUT2D eigenvalue weighted by molar-refractivity contribution is 0.338. The van der Waals surface area contributed by atoms with Crippen molar-refractivity contribution < 1.29 is 4.74 Å². The largest absolute Gasteiger partial charge is 0.494 e. The van der Waals surface area contributed by atoms with Gasteiger partial charge in [-0.1, -0.05) is 0 Å². The average molecular weight is 248 g/mol. The molecule has 0 aliphatic rings. The Morgan fingerprint density at radius 2 is 2.24 bits per heavy atom. The lowest BCUT2D eigenvalue weighted by Gasteiger charge is -2.08. The Labute approximate surface area is 107 Å². The van der Waals surface area contributed by atoms with E-state index in [1.54, 1.807) is 0 Å². The van der Waals surface area contributed by atoms with Crippen LogP contribution in [0, 0.1) is 6.92 Å². The van der Waals surface area contributed by atoms with Crippen molar-refractivity contribution in [2.75, 3.05) is 6.61 Å². The second-order valence-corrected chi connectivity index (χ2v) is 4.13. The predicted octanol–water partition coefficient (Wildman–Crippen LogP) is 3.21. The van der Waals surface area contributed by atoms with Crippen molar-refractivity contribution >= 4 is 12.6 Å². The summed E-state index contributed by atoms with van der Waals surface area (Å²) in [4.78, 5) is 7.47. The lowest BCUT2D eigenvalue weighted by atomic mass is 10.1. The number of rotatable bonds is 4. The molecule has 17 heavy (non-hydrogen) atoms. The number of hydrogen-bond acceptors (Lipinski definition) is 3. The van der Waals surface area contributed by atoms with Gasteiger partial charge in [-0.3, -0.25) is 0 Å². The van der Waals surface area contributed by atoms with E-state index in [9.17, 15) is 0 Å². The quantitative estimate of drug-likeness (QED) is 0.815. The minimum atomic E-state index is 0.621. The summed E-state index contributed by atoms with van der Waals surface area (Å²) in [6.07, 6.45) is 1.83. The zero-order valence-electron chi connectivity index (χ0n) is 10.0. The fraction of sp³-hybridized carbons (Fsp3) is 0.308. The van der Waals surface area contributed by atoms with Crippen LogP contribution in [0.1, 0.15) is 18.3 Å². The Hall–Kier alpha value is -1.42. The number of benzene rings is 1. The molecule has 0 radical (unpaired) electrons. The van der Waals surface area contributed by atoms with Crippen LogP contribution in [0.2, 0.25) is 0 Å². The fourth-order valence-corrected chi connectivity index (χ4v) is 1.88. The number of ether oxygens (including phenoxy) is 1. The van der Waals surface area contributed by atoms with Crippen LogP contribution in [0.25, 0.3) is 11.3 Å². The predicted molar refractivity (Wildman–Crippen MR) is 72.6 cm³/mol. The van der Waals surface area contributed by atoms with Crippen molar-refractivity contribution in [3.05, 3.63) is 35.8 Å². The van der Waals surface area contributed by atoms with Gasteiger partial charge in [0.05, 0.1) is 18.5 Å². The number of aromatic nitrogens is 2. The van der Waals surface area contributed by atoms with E-state index in [-0.39, 0.29) is 0 Å². The third kappa shape index (κ3) is 2.64. The topological polar surface area (TPSA) is 37.9 Å². The van der Waals surface area contributed by atoms with Gasteiger partial charge in [0, 0.05) is 11.3 Å². The minimum absolute atomic E-state index is 0.621. The number of nitrogens with zero attached hydrogens (tertiary/aromatic N) is 1. The molecular formula is C13H16N2OS. The molecule has 1 aromatic carbocycles. The van der Waals surface area contributed by atoms with Crippen molar-refractivity contribution in [1.82, 2.24) is 9.97 Å². The highest BCUT2D eigenvalue weighted by molar-refractivity contribution is 7.79. The second kappa shape index (κ2) is 5.27. The Balaban J connectivity index is 2.30. The minimum Gasteiger partial charge on any atom is -0.494 e. The van der Waals surface area contributed by atoms with Gasteiger partial charge in [0.1, 0.15) is 11.6 Å². The number of hydrogen-bond donors (Lipinski definition) is 2. The van der Waals surface area contributed by atoms with Crippen LogP contribution in [-0.4, -0.2) is 16.6 Å². The standard InChI is InChI=1S/C13H16N2OS/c1-3-16-12-5-4-10(6-9(12)2)11-7-14-13(8-17)15-11/h4-7,17H,3,8H2,1-2H3,(H,14,15). The van der Waals surface area contributed by atoms with Crippen LogP contribution in [0.15, 0.2) is 24.4 Å². The zero-order valence-corrected chi connectivity index (χ0v) is 10.9. The van der Waals surface area contributed by atoms with E-state index in [4.69, 9.17) is 4.74 Å². The molecule has 2 rings (SSSR count).